The summed E-state index contributed by atoms with van der Waals surface area (Å²) in [5, 5.41) is 3.48. The van der Waals surface area contributed by atoms with E-state index in [4.69, 9.17) is 16.3 Å². The first-order chi connectivity index (χ1) is 13.7. The van der Waals surface area contributed by atoms with Crippen molar-refractivity contribution in [1.29, 1.82) is 0 Å². The highest BCUT2D eigenvalue weighted by Gasteiger charge is 2.29. The predicted octanol–water partition coefficient (Wildman–Crippen LogP) is 4.16. The van der Waals surface area contributed by atoms with Gasteiger partial charge in [0.1, 0.15) is 11.9 Å². The van der Waals surface area contributed by atoms with Crippen LogP contribution in [0.2, 0.25) is 5.02 Å². The predicted molar refractivity (Wildman–Crippen MR) is 113 cm³/mol. The van der Waals surface area contributed by atoms with E-state index < -0.39 is 0 Å². The van der Waals surface area contributed by atoms with Gasteiger partial charge in [0.15, 0.2) is 0 Å². The van der Waals surface area contributed by atoms with Gasteiger partial charge in [0, 0.05) is 25.2 Å². The highest BCUT2D eigenvalue weighted by molar-refractivity contribution is 6.33. The number of piperidine rings is 2. The Labute approximate surface area is 173 Å². The first kappa shape index (κ1) is 20.0. The molecule has 3 aliphatic rings. The van der Waals surface area contributed by atoms with Crippen LogP contribution in [0.25, 0.3) is 0 Å². The molecule has 28 heavy (non-hydrogen) atoms. The van der Waals surface area contributed by atoms with E-state index in [9.17, 15) is 4.79 Å². The number of nitrogens with one attached hydrogen (secondary N) is 1. The van der Waals surface area contributed by atoms with Crippen LogP contribution in [0.4, 0.5) is 5.69 Å². The van der Waals surface area contributed by atoms with Gasteiger partial charge in [-0.1, -0.05) is 24.4 Å². The molecule has 0 aromatic heterocycles. The van der Waals surface area contributed by atoms with Crippen LogP contribution in [0.1, 0.15) is 51.4 Å². The molecule has 4 rings (SSSR count). The molecule has 2 saturated heterocycles. The van der Waals surface area contributed by atoms with Gasteiger partial charge in [0.2, 0.25) is 5.91 Å². The molecule has 0 bridgehead atoms. The number of ether oxygens (including phenoxy) is 1. The Balaban J connectivity index is 1.25. The van der Waals surface area contributed by atoms with Gasteiger partial charge in [-0.15, -0.1) is 0 Å². The van der Waals surface area contributed by atoms with Gasteiger partial charge in [-0.05, 0) is 63.7 Å². The van der Waals surface area contributed by atoms with E-state index in [2.05, 4.69) is 15.1 Å². The molecule has 1 aromatic rings. The number of anilines is 1. The van der Waals surface area contributed by atoms with E-state index in [1.807, 2.05) is 18.2 Å². The molecular formula is C22H32ClN3O2. The number of rotatable bonds is 6. The zero-order valence-electron chi connectivity index (χ0n) is 16.7. The smallest absolute Gasteiger partial charge is 0.238 e. The highest BCUT2D eigenvalue weighted by atomic mass is 35.5. The van der Waals surface area contributed by atoms with Gasteiger partial charge in [-0.25, -0.2) is 0 Å². The second-order valence-corrected chi connectivity index (χ2v) is 8.87. The Morgan fingerprint density at radius 2 is 1.79 bits per heavy atom. The quantitative estimate of drug-likeness (QED) is 0.771. The van der Waals surface area contributed by atoms with Crippen molar-refractivity contribution in [2.24, 2.45) is 0 Å². The maximum Gasteiger partial charge on any atom is 0.238 e. The molecule has 1 amide bonds. The summed E-state index contributed by atoms with van der Waals surface area (Å²) in [5.41, 5.74) is 0.663. The SMILES string of the molecule is O=C(CN1CCCCC1)Nc1ccc(OC2CCN(C3CCC3)CC2)cc1Cl. The lowest BCUT2D eigenvalue weighted by Gasteiger charge is -2.41. The third-order valence-corrected chi connectivity index (χ3v) is 6.71. The molecule has 0 radical (unpaired) electrons. The van der Waals surface area contributed by atoms with Crippen molar-refractivity contribution in [2.75, 3.05) is 38.0 Å². The molecule has 1 saturated carbocycles. The number of carbonyl (C=O) groups excluding carboxylic acids is 1. The zero-order chi connectivity index (χ0) is 19.3. The van der Waals surface area contributed by atoms with E-state index >= 15 is 0 Å². The number of carbonyl (C=O) groups is 1. The molecule has 1 aliphatic carbocycles. The van der Waals surface area contributed by atoms with E-state index in [1.54, 1.807) is 0 Å². The Morgan fingerprint density at radius 3 is 2.43 bits per heavy atom. The molecule has 5 nitrogen and oxygen atoms in total. The lowest BCUT2D eigenvalue weighted by atomic mass is 9.90. The first-order valence-corrected chi connectivity index (χ1v) is 11.3. The lowest BCUT2D eigenvalue weighted by molar-refractivity contribution is -0.117. The van der Waals surface area contributed by atoms with Gasteiger partial charge in [0.25, 0.3) is 0 Å². The van der Waals surface area contributed by atoms with Crippen LogP contribution >= 0.6 is 11.6 Å². The number of benzene rings is 1. The van der Waals surface area contributed by atoms with E-state index in [-0.39, 0.29) is 12.0 Å². The fourth-order valence-corrected chi connectivity index (χ4v) is 4.70. The number of halogens is 1. The largest absolute Gasteiger partial charge is 0.490 e. The first-order valence-electron chi connectivity index (χ1n) is 10.9. The van der Waals surface area contributed by atoms with Gasteiger partial charge in [0.05, 0.1) is 17.3 Å². The minimum atomic E-state index is 0.000773. The number of likely N-dealkylation sites (tertiary alicyclic amines) is 2. The standard InChI is InChI=1S/C22H32ClN3O2/c23-20-15-19(28-18-9-13-26(14-10-18)17-5-4-6-17)7-8-21(20)24-22(27)16-25-11-2-1-3-12-25/h7-8,15,17-18H,1-6,9-14,16H2,(H,24,27). The summed E-state index contributed by atoms with van der Waals surface area (Å²) >= 11 is 6.41. The zero-order valence-corrected chi connectivity index (χ0v) is 17.4. The number of nitrogens with zero attached hydrogens (tertiary/aromatic N) is 2. The Kier molecular flexibility index (Phi) is 6.76. The summed E-state index contributed by atoms with van der Waals surface area (Å²) in [6.07, 6.45) is 10.2. The summed E-state index contributed by atoms with van der Waals surface area (Å²) < 4.78 is 6.17. The van der Waals surface area contributed by atoms with Gasteiger partial charge < -0.3 is 15.0 Å². The summed E-state index contributed by atoms with van der Waals surface area (Å²) in [4.78, 5) is 17.1. The van der Waals surface area contributed by atoms with Crippen LogP contribution in [-0.4, -0.2) is 60.6 Å². The summed E-state index contributed by atoms with van der Waals surface area (Å²) in [5.74, 6) is 0.793. The van der Waals surface area contributed by atoms with Crippen LogP contribution in [0.5, 0.6) is 5.75 Å². The third kappa shape index (κ3) is 5.19. The fraction of sp³-hybridized carbons (Fsp3) is 0.682. The van der Waals surface area contributed by atoms with Crippen LogP contribution in [0.3, 0.4) is 0 Å². The average molecular weight is 406 g/mol. The topological polar surface area (TPSA) is 44.8 Å². The van der Waals surface area contributed by atoms with Crippen LogP contribution in [0, 0.1) is 0 Å². The highest BCUT2D eigenvalue weighted by Crippen LogP contribution is 2.31. The monoisotopic (exact) mass is 405 g/mol. The summed E-state index contributed by atoms with van der Waals surface area (Å²) in [6.45, 7) is 4.72. The molecular weight excluding hydrogens is 374 g/mol. The normalized spacial score (nSPS) is 22.6. The molecule has 0 atom stereocenters. The minimum Gasteiger partial charge on any atom is -0.490 e. The maximum atomic E-state index is 12.3. The molecule has 2 heterocycles. The van der Waals surface area contributed by atoms with Crippen LogP contribution in [0.15, 0.2) is 18.2 Å². The van der Waals surface area contributed by atoms with Gasteiger partial charge in [-0.2, -0.15) is 0 Å². The molecule has 6 heteroatoms. The van der Waals surface area contributed by atoms with Crippen molar-refractivity contribution in [3.8, 4) is 5.75 Å². The van der Waals surface area contributed by atoms with Crippen molar-refractivity contribution in [3.63, 3.8) is 0 Å². The lowest BCUT2D eigenvalue weighted by Crippen LogP contribution is -2.46. The van der Waals surface area contributed by atoms with Crippen molar-refractivity contribution in [2.45, 2.75) is 63.5 Å². The van der Waals surface area contributed by atoms with Gasteiger partial charge in [-0.3, -0.25) is 9.69 Å². The van der Waals surface area contributed by atoms with E-state index in [0.717, 1.165) is 50.8 Å². The van der Waals surface area contributed by atoms with Crippen molar-refractivity contribution in [1.82, 2.24) is 9.80 Å². The van der Waals surface area contributed by atoms with Crippen LogP contribution < -0.4 is 10.1 Å². The van der Waals surface area contributed by atoms with Gasteiger partial charge >= 0.3 is 0 Å². The molecule has 3 fully saturated rings. The maximum absolute atomic E-state index is 12.3. The van der Waals surface area contributed by atoms with E-state index in [0.29, 0.717) is 17.3 Å². The molecule has 0 spiro atoms. The second kappa shape index (κ2) is 9.47. The second-order valence-electron chi connectivity index (χ2n) is 8.46. The number of hydrogen-bond donors (Lipinski definition) is 1. The van der Waals surface area contributed by atoms with E-state index in [1.165, 1.54) is 38.5 Å². The molecule has 1 aromatic carbocycles. The van der Waals surface area contributed by atoms with Crippen molar-refractivity contribution < 1.29 is 9.53 Å². The fourth-order valence-electron chi connectivity index (χ4n) is 4.48. The summed E-state index contributed by atoms with van der Waals surface area (Å²) in [7, 11) is 0. The van der Waals surface area contributed by atoms with Crippen molar-refractivity contribution in [3.05, 3.63) is 23.2 Å². The number of hydrogen-bond acceptors (Lipinski definition) is 4. The minimum absolute atomic E-state index is 0.000773. The van der Waals surface area contributed by atoms with Crippen molar-refractivity contribution >= 4 is 23.2 Å². The average Bonchev–Trinajstić information content (AvgIpc) is 2.65. The molecule has 1 N–H and O–H groups in total. The Hall–Kier alpha value is -1.30. The Bertz CT molecular complexity index is 666. The third-order valence-electron chi connectivity index (χ3n) is 6.40. The molecule has 0 unspecified atom stereocenters. The van der Waals surface area contributed by atoms with Crippen LogP contribution in [-0.2, 0) is 4.79 Å². The summed E-state index contributed by atoms with van der Waals surface area (Å²) in [6, 6.07) is 6.43. The molecule has 2 aliphatic heterocycles. The number of amides is 1. The Morgan fingerprint density at radius 1 is 1.04 bits per heavy atom. The molecule has 154 valence electrons.